The summed E-state index contributed by atoms with van der Waals surface area (Å²) in [5, 5.41) is 8.02. The van der Waals surface area contributed by atoms with E-state index in [1.165, 1.54) is 0 Å². The first-order valence-electron chi connectivity index (χ1n) is 9.42. The third-order valence-corrected chi connectivity index (χ3v) is 5.52. The number of hydrogen-bond donors (Lipinski definition) is 1. The molecule has 2 heterocycles. The molecule has 1 aromatic heterocycles. The maximum absolute atomic E-state index is 13.3. The number of benzene rings is 2. The molecule has 0 aliphatic carbocycles. The van der Waals surface area contributed by atoms with Gasteiger partial charge >= 0.3 is 0 Å². The van der Waals surface area contributed by atoms with Crippen LogP contribution in [0.3, 0.4) is 0 Å². The Kier molecular flexibility index (Phi) is 5.76. The smallest absolute Gasteiger partial charge is 0.273 e. The fourth-order valence-corrected chi connectivity index (χ4v) is 3.90. The molecule has 3 aromatic rings. The third kappa shape index (κ3) is 3.56. The molecular weight excluding hydrogens is 406 g/mol. The van der Waals surface area contributed by atoms with Crippen LogP contribution in [0, 0.1) is 0 Å². The number of aromatic nitrogens is 2. The van der Waals surface area contributed by atoms with Crippen molar-refractivity contribution in [1.82, 2.24) is 15.1 Å². The molecular formula is C22H22ClN3O4. The number of ether oxygens (including phenoxy) is 3. The normalized spacial score (nSPS) is 15.7. The van der Waals surface area contributed by atoms with E-state index in [0.29, 0.717) is 22.2 Å². The number of rotatable bonds is 7. The SMILES string of the molecule is COc1cccc(-c2n[nH]c3c2C(c2ccc(Cl)cc2)N(CC(OC)OC)C3=O)c1. The van der Waals surface area contributed by atoms with Gasteiger partial charge < -0.3 is 19.1 Å². The average Bonchev–Trinajstić information content (AvgIpc) is 3.32. The fourth-order valence-electron chi connectivity index (χ4n) is 3.77. The second-order valence-corrected chi connectivity index (χ2v) is 7.34. The Hall–Kier alpha value is -2.87. The fraction of sp³-hybridized carbons (Fsp3) is 0.273. The predicted molar refractivity (Wildman–Crippen MR) is 113 cm³/mol. The molecule has 1 amide bonds. The van der Waals surface area contributed by atoms with Gasteiger partial charge in [-0.1, -0.05) is 35.9 Å². The topological polar surface area (TPSA) is 76.7 Å². The van der Waals surface area contributed by atoms with Gasteiger partial charge in [0.2, 0.25) is 0 Å². The zero-order valence-corrected chi connectivity index (χ0v) is 17.6. The first kappa shape index (κ1) is 20.4. The molecule has 30 heavy (non-hydrogen) atoms. The van der Waals surface area contributed by atoms with Crippen molar-refractivity contribution in [2.24, 2.45) is 0 Å². The molecule has 1 unspecified atom stereocenters. The van der Waals surface area contributed by atoms with Gasteiger partial charge in [0.15, 0.2) is 6.29 Å². The van der Waals surface area contributed by atoms with Gasteiger partial charge in [-0.25, -0.2) is 0 Å². The Balaban J connectivity index is 1.84. The first-order chi connectivity index (χ1) is 14.6. The molecule has 2 aromatic carbocycles. The van der Waals surface area contributed by atoms with Crippen molar-refractivity contribution in [1.29, 1.82) is 0 Å². The summed E-state index contributed by atoms with van der Waals surface area (Å²) >= 11 is 6.10. The first-order valence-corrected chi connectivity index (χ1v) is 9.79. The summed E-state index contributed by atoms with van der Waals surface area (Å²) in [4.78, 5) is 15.0. The summed E-state index contributed by atoms with van der Waals surface area (Å²) < 4.78 is 16.1. The number of carbonyl (C=O) groups is 1. The van der Waals surface area contributed by atoms with E-state index in [9.17, 15) is 4.79 Å². The number of nitrogens with zero attached hydrogens (tertiary/aromatic N) is 2. The molecule has 0 saturated heterocycles. The highest BCUT2D eigenvalue weighted by atomic mass is 35.5. The van der Waals surface area contributed by atoms with E-state index in [1.807, 2.05) is 48.5 Å². The highest BCUT2D eigenvalue weighted by Crippen LogP contribution is 2.43. The van der Waals surface area contributed by atoms with Crippen LogP contribution in [0.5, 0.6) is 5.75 Å². The van der Waals surface area contributed by atoms with Gasteiger partial charge in [-0.05, 0) is 29.8 Å². The standard InChI is InChI=1S/C22H22ClN3O4/c1-28-16-6-4-5-14(11-16)19-18-20(25-24-19)22(27)26(12-17(29-2)30-3)21(18)13-7-9-15(23)10-8-13/h4-11,17,21H,12H2,1-3H3,(H,24,25). The summed E-state index contributed by atoms with van der Waals surface area (Å²) in [5.74, 6) is 0.554. The summed E-state index contributed by atoms with van der Waals surface area (Å²) in [6.07, 6.45) is -0.555. The quantitative estimate of drug-likeness (QED) is 0.578. The van der Waals surface area contributed by atoms with Crippen molar-refractivity contribution >= 4 is 17.5 Å². The number of nitrogens with one attached hydrogen (secondary N) is 1. The third-order valence-electron chi connectivity index (χ3n) is 5.26. The van der Waals surface area contributed by atoms with Crippen LogP contribution in [0.1, 0.15) is 27.7 Å². The van der Waals surface area contributed by atoms with E-state index < -0.39 is 6.29 Å². The maximum Gasteiger partial charge on any atom is 0.273 e. The van der Waals surface area contributed by atoms with Crippen LogP contribution >= 0.6 is 11.6 Å². The highest BCUT2D eigenvalue weighted by molar-refractivity contribution is 6.30. The Bertz CT molecular complexity index is 1050. The summed E-state index contributed by atoms with van der Waals surface area (Å²) in [6, 6.07) is 14.7. The lowest BCUT2D eigenvalue weighted by atomic mass is 9.96. The number of amides is 1. The van der Waals surface area contributed by atoms with Crippen LogP contribution in [-0.4, -0.2) is 55.2 Å². The van der Waals surface area contributed by atoms with Crippen LogP contribution in [0.25, 0.3) is 11.3 Å². The molecule has 1 atom stereocenters. The van der Waals surface area contributed by atoms with Crippen LogP contribution in [-0.2, 0) is 9.47 Å². The number of H-pyrrole nitrogens is 1. The van der Waals surface area contributed by atoms with Gasteiger partial charge in [0.05, 0.1) is 25.4 Å². The molecule has 0 saturated carbocycles. The molecule has 8 heteroatoms. The largest absolute Gasteiger partial charge is 0.497 e. The minimum absolute atomic E-state index is 0.161. The van der Waals surface area contributed by atoms with Crippen molar-refractivity contribution in [3.05, 3.63) is 70.4 Å². The van der Waals surface area contributed by atoms with Crippen molar-refractivity contribution in [3.63, 3.8) is 0 Å². The zero-order valence-electron chi connectivity index (χ0n) is 16.9. The summed E-state index contributed by atoms with van der Waals surface area (Å²) in [6.45, 7) is 0.263. The minimum atomic E-state index is -0.555. The molecule has 1 aliphatic rings. The molecule has 4 rings (SSSR count). The van der Waals surface area contributed by atoms with E-state index in [1.54, 1.807) is 26.2 Å². The summed E-state index contributed by atoms with van der Waals surface area (Å²) in [5.41, 5.74) is 3.74. The van der Waals surface area contributed by atoms with Crippen LogP contribution in [0.15, 0.2) is 48.5 Å². The second kappa shape index (κ2) is 8.47. The molecule has 0 fully saturated rings. The molecule has 0 radical (unpaired) electrons. The van der Waals surface area contributed by atoms with E-state index in [0.717, 1.165) is 16.7 Å². The molecule has 0 bridgehead atoms. The Morgan fingerprint density at radius 1 is 1.13 bits per heavy atom. The van der Waals surface area contributed by atoms with E-state index in [2.05, 4.69) is 10.2 Å². The van der Waals surface area contributed by atoms with Gasteiger partial charge in [-0.2, -0.15) is 5.10 Å². The Morgan fingerprint density at radius 2 is 1.87 bits per heavy atom. The van der Waals surface area contributed by atoms with Crippen LogP contribution < -0.4 is 4.74 Å². The number of aromatic amines is 1. The van der Waals surface area contributed by atoms with Crippen molar-refractivity contribution < 1.29 is 19.0 Å². The molecule has 1 aliphatic heterocycles. The maximum atomic E-state index is 13.3. The summed E-state index contributed by atoms with van der Waals surface area (Å²) in [7, 11) is 4.72. The van der Waals surface area contributed by atoms with Gasteiger partial charge in [-0.15, -0.1) is 0 Å². The average molecular weight is 428 g/mol. The van der Waals surface area contributed by atoms with Crippen LogP contribution in [0.4, 0.5) is 0 Å². The van der Waals surface area contributed by atoms with Crippen molar-refractivity contribution in [2.75, 3.05) is 27.9 Å². The Morgan fingerprint density at radius 3 is 2.53 bits per heavy atom. The lowest BCUT2D eigenvalue weighted by molar-refractivity contribution is -0.113. The molecule has 0 spiro atoms. The van der Waals surface area contributed by atoms with E-state index >= 15 is 0 Å². The zero-order chi connectivity index (χ0) is 21.3. The lowest BCUT2D eigenvalue weighted by Gasteiger charge is -2.29. The van der Waals surface area contributed by atoms with Gasteiger partial charge in [-0.3, -0.25) is 9.89 Å². The van der Waals surface area contributed by atoms with Crippen molar-refractivity contribution in [3.8, 4) is 17.0 Å². The number of methoxy groups -OCH3 is 3. The molecule has 1 N–H and O–H groups in total. The monoisotopic (exact) mass is 427 g/mol. The van der Waals surface area contributed by atoms with Crippen LogP contribution in [0.2, 0.25) is 5.02 Å². The highest BCUT2D eigenvalue weighted by Gasteiger charge is 2.43. The molecule has 7 nitrogen and oxygen atoms in total. The number of fused-ring (bicyclic) bond motifs is 1. The van der Waals surface area contributed by atoms with Gasteiger partial charge in [0.25, 0.3) is 5.91 Å². The lowest BCUT2D eigenvalue weighted by Crippen LogP contribution is -2.38. The second-order valence-electron chi connectivity index (χ2n) is 6.91. The number of halogens is 1. The number of hydrogen-bond acceptors (Lipinski definition) is 5. The van der Waals surface area contributed by atoms with Gasteiger partial charge in [0, 0.05) is 30.4 Å². The molecule has 156 valence electrons. The van der Waals surface area contributed by atoms with E-state index in [-0.39, 0.29) is 18.5 Å². The Labute approximate surface area is 179 Å². The predicted octanol–water partition coefficient (Wildman–Crippen LogP) is 3.90. The van der Waals surface area contributed by atoms with Crippen molar-refractivity contribution in [2.45, 2.75) is 12.3 Å². The number of carbonyl (C=O) groups excluding carboxylic acids is 1. The minimum Gasteiger partial charge on any atom is -0.497 e. The van der Waals surface area contributed by atoms with E-state index in [4.69, 9.17) is 25.8 Å². The van der Waals surface area contributed by atoms with Gasteiger partial charge in [0.1, 0.15) is 11.4 Å².